The first-order valence-corrected chi connectivity index (χ1v) is 15.5. The third kappa shape index (κ3) is 9.00. The standard InChI is InChI=1S/C33H31BrIN3O5/c1-21(2)43-33(40)29(18-39)38-17-25-14-28(35)31(15-30(25)41-19-22-11-12-37-26(13-22)16-36)42-20-24-9-6-10-27(32(24)34)23-7-4-3-5-8-23/h3-15,21,29,38-39H,17-20H2,1-2H3/t29-/m0/s1. The Bertz CT molecular complexity index is 1590. The molecule has 2 N–H and O–H groups in total. The van der Waals surface area contributed by atoms with Crippen LogP contribution in [0.15, 0.2) is 83.5 Å². The Labute approximate surface area is 273 Å². The van der Waals surface area contributed by atoms with Gasteiger partial charge >= 0.3 is 5.97 Å². The second-order valence-corrected chi connectivity index (χ2v) is 11.8. The highest BCUT2D eigenvalue weighted by Crippen LogP contribution is 2.34. The Hall–Kier alpha value is -3.50. The molecule has 0 aliphatic carbocycles. The lowest BCUT2D eigenvalue weighted by Gasteiger charge is -2.20. The Balaban J connectivity index is 1.57. The van der Waals surface area contributed by atoms with E-state index in [2.05, 4.69) is 67.0 Å². The quantitative estimate of drug-likeness (QED) is 0.117. The molecule has 0 unspecified atom stereocenters. The summed E-state index contributed by atoms with van der Waals surface area (Å²) in [6.07, 6.45) is 1.27. The number of aliphatic hydroxyl groups is 1. The first-order valence-electron chi connectivity index (χ1n) is 13.6. The molecular formula is C33H31BrIN3O5. The molecule has 4 aromatic rings. The van der Waals surface area contributed by atoms with Crippen molar-refractivity contribution in [3.8, 4) is 28.7 Å². The highest BCUT2D eigenvalue weighted by Gasteiger charge is 2.21. The molecule has 0 aliphatic heterocycles. The summed E-state index contributed by atoms with van der Waals surface area (Å²) >= 11 is 5.97. The summed E-state index contributed by atoms with van der Waals surface area (Å²) in [6.45, 7) is 3.84. The maximum absolute atomic E-state index is 12.4. The van der Waals surface area contributed by atoms with Gasteiger partial charge in [-0.1, -0.05) is 48.5 Å². The topological polar surface area (TPSA) is 114 Å². The number of pyridine rings is 1. The summed E-state index contributed by atoms with van der Waals surface area (Å²) in [5.41, 5.74) is 5.00. The van der Waals surface area contributed by atoms with Crippen LogP contribution in [0.4, 0.5) is 0 Å². The van der Waals surface area contributed by atoms with Crippen molar-refractivity contribution in [3.63, 3.8) is 0 Å². The van der Waals surface area contributed by atoms with E-state index in [0.29, 0.717) is 23.8 Å². The average Bonchev–Trinajstić information content (AvgIpc) is 3.01. The molecule has 4 rings (SSSR count). The zero-order valence-electron chi connectivity index (χ0n) is 23.7. The van der Waals surface area contributed by atoms with Gasteiger partial charge in [0.25, 0.3) is 0 Å². The highest BCUT2D eigenvalue weighted by molar-refractivity contribution is 14.1. The van der Waals surface area contributed by atoms with Gasteiger partial charge in [0.2, 0.25) is 0 Å². The van der Waals surface area contributed by atoms with Crippen molar-refractivity contribution in [2.45, 2.75) is 45.8 Å². The summed E-state index contributed by atoms with van der Waals surface area (Å²) in [4.78, 5) is 16.4. The van der Waals surface area contributed by atoms with E-state index in [-0.39, 0.29) is 19.3 Å². The molecule has 10 heteroatoms. The SMILES string of the molecule is CC(C)OC(=O)[C@H](CO)NCc1cc(I)c(OCc2cccc(-c3ccccc3)c2Br)cc1OCc1ccnc(C#N)c1. The van der Waals surface area contributed by atoms with Gasteiger partial charge in [-0.3, -0.25) is 10.1 Å². The van der Waals surface area contributed by atoms with Crippen LogP contribution < -0.4 is 14.8 Å². The van der Waals surface area contributed by atoms with Crippen LogP contribution >= 0.6 is 38.5 Å². The minimum atomic E-state index is -0.892. The minimum Gasteiger partial charge on any atom is -0.488 e. The summed E-state index contributed by atoms with van der Waals surface area (Å²) in [7, 11) is 0. The smallest absolute Gasteiger partial charge is 0.325 e. The monoisotopic (exact) mass is 755 g/mol. The number of aliphatic hydroxyl groups excluding tert-OH is 1. The van der Waals surface area contributed by atoms with E-state index < -0.39 is 18.6 Å². The van der Waals surface area contributed by atoms with Crippen molar-refractivity contribution in [1.29, 1.82) is 5.26 Å². The van der Waals surface area contributed by atoms with E-state index in [1.54, 1.807) is 32.2 Å². The number of esters is 1. The van der Waals surface area contributed by atoms with Crippen LogP contribution in [0.2, 0.25) is 0 Å². The van der Waals surface area contributed by atoms with Gasteiger partial charge in [-0.2, -0.15) is 5.26 Å². The lowest BCUT2D eigenvalue weighted by Crippen LogP contribution is -2.41. The Morgan fingerprint density at radius 3 is 2.51 bits per heavy atom. The van der Waals surface area contributed by atoms with Crippen LogP contribution in [-0.2, 0) is 29.3 Å². The molecule has 3 aromatic carbocycles. The molecule has 0 spiro atoms. The van der Waals surface area contributed by atoms with Crippen molar-refractivity contribution in [2.75, 3.05) is 6.61 Å². The molecular weight excluding hydrogens is 725 g/mol. The summed E-state index contributed by atoms with van der Waals surface area (Å²) < 4.78 is 19.6. The molecule has 0 aliphatic rings. The Morgan fingerprint density at radius 2 is 1.79 bits per heavy atom. The number of carbonyl (C=O) groups is 1. The van der Waals surface area contributed by atoms with Crippen LogP contribution in [0.25, 0.3) is 11.1 Å². The van der Waals surface area contributed by atoms with Gasteiger partial charge in [-0.05, 0) is 87.3 Å². The third-order valence-corrected chi connectivity index (χ3v) is 8.13. The number of aromatic nitrogens is 1. The van der Waals surface area contributed by atoms with Crippen molar-refractivity contribution in [1.82, 2.24) is 10.3 Å². The van der Waals surface area contributed by atoms with E-state index in [1.807, 2.05) is 48.5 Å². The number of benzene rings is 3. The second kappa shape index (κ2) is 15.8. The van der Waals surface area contributed by atoms with Gasteiger partial charge in [0.15, 0.2) is 0 Å². The predicted octanol–water partition coefficient (Wildman–Crippen LogP) is 6.55. The van der Waals surface area contributed by atoms with Crippen LogP contribution in [0.3, 0.4) is 0 Å². The van der Waals surface area contributed by atoms with Gasteiger partial charge in [0.05, 0.1) is 16.3 Å². The molecule has 1 atom stereocenters. The Kier molecular flexibility index (Phi) is 11.9. The molecule has 0 radical (unpaired) electrons. The number of hydrogen-bond donors (Lipinski definition) is 2. The number of nitrogens with zero attached hydrogens (tertiary/aromatic N) is 2. The fraction of sp³-hybridized carbons (Fsp3) is 0.242. The first-order chi connectivity index (χ1) is 20.8. The number of ether oxygens (including phenoxy) is 3. The van der Waals surface area contributed by atoms with Crippen LogP contribution in [0.5, 0.6) is 11.5 Å². The molecule has 43 heavy (non-hydrogen) atoms. The predicted molar refractivity (Wildman–Crippen MR) is 175 cm³/mol. The van der Waals surface area contributed by atoms with Gasteiger partial charge in [0.1, 0.15) is 42.5 Å². The molecule has 222 valence electrons. The van der Waals surface area contributed by atoms with E-state index >= 15 is 0 Å². The number of nitrogens with one attached hydrogen (secondary N) is 1. The van der Waals surface area contributed by atoms with E-state index in [1.165, 1.54) is 0 Å². The average molecular weight is 756 g/mol. The maximum Gasteiger partial charge on any atom is 0.325 e. The fourth-order valence-electron chi connectivity index (χ4n) is 4.20. The van der Waals surface area contributed by atoms with Crippen LogP contribution in [0.1, 0.15) is 36.2 Å². The number of nitriles is 1. The zero-order chi connectivity index (χ0) is 30.8. The molecule has 0 fully saturated rings. The third-order valence-electron chi connectivity index (χ3n) is 6.35. The first kappa shape index (κ1) is 32.4. The van der Waals surface area contributed by atoms with Crippen molar-refractivity contribution < 1.29 is 24.1 Å². The molecule has 0 bridgehead atoms. The maximum atomic E-state index is 12.4. The molecule has 8 nitrogen and oxygen atoms in total. The molecule has 0 saturated heterocycles. The van der Waals surface area contributed by atoms with E-state index in [4.69, 9.17) is 14.2 Å². The molecule has 1 heterocycles. The van der Waals surface area contributed by atoms with Gasteiger partial charge in [0, 0.05) is 34.4 Å². The molecule has 1 aromatic heterocycles. The highest BCUT2D eigenvalue weighted by atomic mass is 127. The second-order valence-electron chi connectivity index (χ2n) is 9.88. The fourth-order valence-corrected chi connectivity index (χ4v) is 5.50. The number of halogens is 2. The Morgan fingerprint density at radius 1 is 1.02 bits per heavy atom. The number of carbonyl (C=O) groups excluding carboxylic acids is 1. The zero-order valence-corrected chi connectivity index (χ0v) is 27.5. The largest absolute Gasteiger partial charge is 0.488 e. The molecule has 0 saturated carbocycles. The lowest BCUT2D eigenvalue weighted by molar-refractivity contribution is -0.151. The molecule has 0 amide bonds. The number of rotatable bonds is 13. The van der Waals surface area contributed by atoms with E-state index in [0.717, 1.165) is 35.9 Å². The van der Waals surface area contributed by atoms with Crippen LogP contribution in [0, 0.1) is 14.9 Å². The summed E-state index contributed by atoms with van der Waals surface area (Å²) in [5.74, 6) is 0.629. The summed E-state index contributed by atoms with van der Waals surface area (Å²) in [5, 5.41) is 22.1. The normalized spacial score (nSPS) is 11.6. The summed E-state index contributed by atoms with van der Waals surface area (Å²) in [6, 6.07) is 24.6. The van der Waals surface area contributed by atoms with Gasteiger partial charge in [-0.25, -0.2) is 4.98 Å². The van der Waals surface area contributed by atoms with Crippen molar-refractivity contribution in [2.24, 2.45) is 0 Å². The van der Waals surface area contributed by atoms with Crippen molar-refractivity contribution in [3.05, 3.63) is 109 Å². The number of hydrogen-bond acceptors (Lipinski definition) is 8. The van der Waals surface area contributed by atoms with Gasteiger partial charge in [-0.15, -0.1) is 0 Å². The van der Waals surface area contributed by atoms with Crippen LogP contribution in [-0.4, -0.2) is 34.8 Å². The minimum absolute atomic E-state index is 0.188. The van der Waals surface area contributed by atoms with Crippen molar-refractivity contribution >= 4 is 44.5 Å². The van der Waals surface area contributed by atoms with Gasteiger partial charge < -0.3 is 19.3 Å². The lowest BCUT2D eigenvalue weighted by atomic mass is 10.0. The van der Waals surface area contributed by atoms with E-state index in [9.17, 15) is 15.2 Å².